The van der Waals surface area contributed by atoms with Crippen LogP contribution in [0.4, 0.5) is 0 Å². The highest BCUT2D eigenvalue weighted by Crippen LogP contribution is 2.29. The zero-order chi connectivity index (χ0) is 11.9. The third-order valence-corrected chi connectivity index (χ3v) is 4.29. The highest BCUT2D eigenvalue weighted by Gasteiger charge is 2.16. The monoisotopic (exact) mass is 252 g/mol. The number of ketones is 1. The second-order valence-corrected chi connectivity index (χ2v) is 5.65. The average molecular weight is 252 g/mol. The Hall–Kier alpha value is -0.670. The number of thiophene rings is 1. The van der Waals surface area contributed by atoms with E-state index in [1.165, 1.54) is 37.0 Å². The maximum absolute atomic E-state index is 11.7. The summed E-state index contributed by atoms with van der Waals surface area (Å²) in [5, 5.41) is 1.95. The molecule has 0 amide bonds. The highest BCUT2D eigenvalue weighted by atomic mass is 32.1. The van der Waals surface area contributed by atoms with Gasteiger partial charge in [-0.25, -0.2) is 0 Å². The molecule has 0 aliphatic heterocycles. The van der Waals surface area contributed by atoms with Crippen LogP contribution in [0.3, 0.4) is 0 Å². The van der Waals surface area contributed by atoms with Gasteiger partial charge in [0.15, 0.2) is 5.78 Å². The van der Waals surface area contributed by atoms with E-state index in [2.05, 4.69) is 0 Å². The first kappa shape index (κ1) is 12.8. The largest absolute Gasteiger partial charge is 0.381 e. The van der Waals surface area contributed by atoms with Crippen molar-refractivity contribution in [3.8, 4) is 0 Å². The molecule has 1 aliphatic carbocycles. The molecule has 0 spiro atoms. The van der Waals surface area contributed by atoms with E-state index in [1.54, 1.807) is 0 Å². The summed E-state index contributed by atoms with van der Waals surface area (Å²) in [5.41, 5.74) is 0. The van der Waals surface area contributed by atoms with Crippen molar-refractivity contribution >= 4 is 17.1 Å². The van der Waals surface area contributed by atoms with Gasteiger partial charge in [-0.15, -0.1) is 11.3 Å². The van der Waals surface area contributed by atoms with E-state index in [1.807, 2.05) is 17.5 Å². The number of hydrogen-bond donors (Lipinski definition) is 0. The van der Waals surface area contributed by atoms with Crippen molar-refractivity contribution < 1.29 is 9.53 Å². The Morgan fingerprint density at radius 2 is 2.29 bits per heavy atom. The van der Waals surface area contributed by atoms with Crippen LogP contribution in [0.15, 0.2) is 17.5 Å². The van der Waals surface area contributed by atoms with Gasteiger partial charge in [0.05, 0.1) is 4.88 Å². The molecule has 17 heavy (non-hydrogen) atoms. The van der Waals surface area contributed by atoms with Gasteiger partial charge in [0.1, 0.15) is 0 Å². The average Bonchev–Trinajstić information content (AvgIpc) is 2.78. The van der Waals surface area contributed by atoms with Crippen molar-refractivity contribution in [3.05, 3.63) is 22.4 Å². The van der Waals surface area contributed by atoms with Gasteiger partial charge in [-0.1, -0.05) is 25.3 Å². The van der Waals surface area contributed by atoms with Crippen LogP contribution in [0.1, 0.15) is 48.2 Å². The van der Waals surface area contributed by atoms with Crippen molar-refractivity contribution in [2.24, 2.45) is 5.92 Å². The summed E-state index contributed by atoms with van der Waals surface area (Å²) in [6.45, 7) is 1.60. The number of carbonyl (C=O) groups excluding carboxylic acids is 1. The Bertz CT molecular complexity index is 328. The number of rotatable bonds is 8. The number of hydrogen-bond acceptors (Lipinski definition) is 3. The smallest absolute Gasteiger partial charge is 0.172 e. The van der Waals surface area contributed by atoms with Crippen molar-refractivity contribution in [2.45, 2.75) is 38.5 Å². The lowest BCUT2D eigenvalue weighted by molar-refractivity contribution is 0.0895. The van der Waals surface area contributed by atoms with Crippen LogP contribution in [0.5, 0.6) is 0 Å². The van der Waals surface area contributed by atoms with E-state index < -0.39 is 0 Å². The van der Waals surface area contributed by atoms with E-state index in [0.29, 0.717) is 6.42 Å². The van der Waals surface area contributed by atoms with Gasteiger partial charge in [-0.2, -0.15) is 0 Å². The Kier molecular flexibility index (Phi) is 5.20. The van der Waals surface area contributed by atoms with Gasteiger partial charge >= 0.3 is 0 Å². The molecule has 1 aromatic rings. The molecule has 1 fully saturated rings. The molecule has 0 unspecified atom stereocenters. The maximum atomic E-state index is 11.7. The Morgan fingerprint density at radius 3 is 2.94 bits per heavy atom. The third-order valence-electron chi connectivity index (χ3n) is 3.38. The molecule has 1 aromatic heterocycles. The normalized spacial score (nSPS) is 15.8. The van der Waals surface area contributed by atoms with Crippen molar-refractivity contribution in [2.75, 3.05) is 13.2 Å². The lowest BCUT2D eigenvalue weighted by Crippen LogP contribution is -2.13. The molecule has 0 N–H and O–H groups in total. The van der Waals surface area contributed by atoms with Crippen molar-refractivity contribution in [1.82, 2.24) is 0 Å². The number of carbonyl (C=O) groups is 1. The fourth-order valence-electron chi connectivity index (χ4n) is 2.03. The molecule has 1 aliphatic rings. The summed E-state index contributed by atoms with van der Waals surface area (Å²) >= 11 is 1.52. The first-order valence-corrected chi connectivity index (χ1v) is 7.38. The highest BCUT2D eigenvalue weighted by molar-refractivity contribution is 7.12. The number of Topliss-reactive ketones (excluding diaryl/α,β-unsaturated/α-hetero) is 1. The second-order valence-electron chi connectivity index (χ2n) is 4.70. The Labute approximate surface area is 107 Å². The molecule has 1 heterocycles. The van der Waals surface area contributed by atoms with Crippen LogP contribution < -0.4 is 0 Å². The quantitative estimate of drug-likeness (QED) is 0.518. The zero-order valence-electron chi connectivity index (χ0n) is 10.2. The van der Waals surface area contributed by atoms with Crippen molar-refractivity contribution in [1.29, 1.82) is 0 Å². The maximum Gasteiger partial charge on any atom is 0.172 e. The lowest BCUT2D eigenvalue weighted by Gasteiger charge is -2.24. The zero-order valence-corrected chi connectivity index (χ0v) is 11.0. The fraction of sp³-hybridized carbons (Fsp3) is 0.643. The van der Waals surface area contributed by atoms with Gasteiger partial charge in [-0.05, 0) is 30.2 Å². The summed E-state index contributed by atoms with van der Waals surface area (Å²) in [6.07, 6.45) is 6.85. The van der Waals surface area contributed by atoms with E-state index in [0.717, 1.165) is 30.4 Å². The first-order valence-electron chi connectivity index (χ1n) is 6.50. The van der Waals surface area contributed by atoms with Crippen LogP contribution in [0, 0.1) is 5.92 Å². The minimum Gasteiger partial charge on any atom is -0.381 e. The second kappa shape index (κ2) is 6.92. The van der Waals surface area contributed by atoms with Crippen LogP contribution in [0.2, 0.25) is 0 Å². The molecule has 0 bridgehead atoms. The molecule has 0 atom stereocenters. The Morgan fingerprint density at radius 1 is 1.41 bits per heavy atom. The minimum atomic E-state index is 0.252. The number of ether oxygens (including phenoxy) is 1. The molecule has 3 heteroatoms. The van der Waals surface area contributed by atoms with E-state index >= 15 is 0 Å². The summed E-state index contributed by atoms with van der Waals surface area (Å²) in [5.74, 6) is 1.17. The summed E-state index contributed by atoms with van der Waals surface area (Å²) in [6, 6.07) is 3.82. The topological polar surface area (TPSA) is 26.3 Å². The summed E-state index contributed by atoms with van der Waals surface area (Å²) in [4.78, 5) is 12.5. The van der Waals surface area contributed by atoms with Gasteiger partial charge in [0.2, 0.25) is 0 Å². The SMILES string of the molecule is O=C(CCCOCCC1CCC1)c1cccs1. The van der Waals surface area contributed by atoms with E-state index in [4.69, 9.17) is 4.74 Å². The van der Waals surface area contributed by atoms with Gasteiger partial charge in [-0.3, -0.25) is 4.79 Å². The molecular formula is C14H20O2S. The minimum absolute atomic E-state index is 0.252. The summed E-state index contributed by atoms with van der Waals surface area (Å²) in [7, 11) is 0. The van der Waals surface area contributed by atoms with Crippen LogP contribution in [-0.4, -0.2) is 19.0 Å². The van der Waals surface area contributed by atoms with E-state index in [9.17, 15) is 4.79 Å². The van der Waals surface area contributed by atoms with Gasteiger partial charge in [0, 0.05) is 19.6 Å². The van der Waals surface area contributed by atoms with Gasteiger partial charge in [0.25, 0.3) is 0 Å². The third kappa shape index (κ3) is 4.25. The Balaban J connectivity index is 1.47. The lowest BCUT2D eigenvalue weighted by atomic mass is 9.83. The molecule has 94 valence electrons. The van der Waals surface area contributed by atoms with Crippen LogP contribution >= 0.6 is 11.3 Å². The fourth-order valence-corrected chi connectivity index (χ4v) is 2.72. The van der Waals surface area contributed by atoms with E-state index in [-0.39, 0.29) is 5.78 Å². The van der Waals surface area contributed by atoms with Gasteiger partial charge < -0.3 is 4.74 Å². The molecule has 0 radical (unpaired) electrons. The predicted molar refractivity (Wildman–Crippen MR) is 70.7 cm³/mol. The first-order chi connectivity index (χ1) is 8.36. The standard InChI is InChI=1S/C14H20O2S/c15-13(14-7-3-11-17-14)6-2-9-16-10-8-12-4-1-5-12/h3,7,11-12H,1-2,4-6,8-10H2. The van der Waals surface area contributed by atoms with Crippen LogP contribution in [0.25, 0.3) is 0 Å². The van der Waals surface area contributed by atoms with Crippen LogP contribution in [-0.2, 0) is 4.74 Å². The summed E-state index contributed by atoms with van der Waals surface area (Å²) < 4.78 is 5.56. The molecule has 0 saturated heterocycles. The molecular weight excluding hydrogens is 232 g/mol. The molecule has 1 saturated carbocycles. The molecule has 2 nitrogen and oxygen atoms in total. The molecule has 0 aromatic carbocycles. The van der Waals surface area contributed by atoms with Crippen molar-refractivity contribution in [3.63, 3.8) is 0 Å². The molecule has 2 rings (SSSR count). The predicted octanol–water partition coefficient (Wildman–Crippen LogP) is 3.92.